The predicted octanol–water partition coefficient (Wildman–Crippen LogP) is 2.24. The van der Waals surface area contributed by atoms with Crippen molar-refractivity contribution in [2.24, 2.45) is 5.92 Å². The normalized spacial score (nSPS) is 17.0. The lowest BCUT2D eigenvalue weighted by atomic mass is 9.96. The molecule has 3 amide bonds. The van der Waals surface area contributed by atoms with E-state index in [9.17, 15) is 27.6 Å². The smallest absolute Gasteiger partial charge is 0.406 e. The maximum atomic E-state index is 12.5. The summed E-state index contributed by atoms with van der Waals surface area (Å²) in [6.45, 7) is 2.20. The Morgan fingerprint density at radius 1 is 1.25 bits per heavy atom. The van der Waals surface area contributed by atoms with Gasteiger partial charge in [-0.3, -0.25) is 14.4 Å². The lowest BCUT2D eigenvalue weighted by Crippen LogP contribution is -2.46. The van der Waals surface area contributed by atoms with Gasteiger partial charge >= 0.3 is 6.36 Å². The second-order valence-corrected chi connectivity index (χ2v) is 6.62. The number of rotatable bonds is 5. The number of anilines is 1. The molecule has 1 aliphatic heterocycles. The van der Waals surface area contributed by atoms with Crippen LogP contribution in [0.4, 0.5) is 18.9 Å². The number of ether oxygens (including phenoxy) is 1. The number of likely N-dealkylation sites (N-methyl/N-ethyl adjacent to an activating group) is 1. The van der Waals surface area contributed by atoms with E-state index < -0.39 is 18.0 Å². The Labute approximate surface area is 160 Å². The van der Waals surface area contributed by atoms with Crippen LogP contribution in [0.1, 0.15) is 19.8 Å². The molecule has 7 nitrogen and oxygen atoms in total. The second-order valence-electron chi connectivity index (χ2n) is 6.62. The van der Waals surface area contributed by atoms with Gasteiger partial charge in [-0.15, -0.1) is 13.2 Å². The van der Waals surface area contributed by atoms with Crippen LogP contribution < -0.4 is 10.1 Å². The molecular weight excluding hydrogens is 379 g/mol. The lowest BCUT2D eigenvalue weighted by Gasteiger charge is -2.33. The highest BCUT2D eigenvalue weighted by molar-refractivity contribution is 5.94. The molecule has 0 aromatic heterocycles. The Hall–Kier alpha value is -2.78. The maximum absolute atomic E-state index is 12.5. The van der Waals surface area contributed by atoms with Crippen LogP contribution in [0.3, 0.4) is 0 Å². The minimum Gasteiger partial charge on any atom is -0.406 e. The molecule has 1 fully saturated rings. The molecule has 1 saturated heterocycles. The summed E-state index contributed by atoms with van der Waals surface area (Å²) in [7, 11) is 1.49. The average molecular weight is 401 g/mol. The largest absolute Gasteiger partial charge is 0.573 e. The van der Waals surface area contributed by atoms with E-state index >= 15 is 0 Å². The number of alkyl halides is 3. The molecule has 1 atom stereocenters. The summed E-state index contributed by atoms with van der Waals surface area (Å²) in [5, 5.41) is 2.51. The highest BCUT2D eigenvalue weighted by atomic mass is 19.4. The van der Waals surface area contributed by atoms with E-state index in [1.807, 2.05) is 0 Å². The maximum Gasteiger partial charge on any atom is 0.573 e. The number of likely N-dealkylation sites (tertiary alicyclic amines) is 1. The van der Waals surface area contributed by atoms with Crippen molar-refractivity contribution < 1.29 is 32.3 Å². The summed E-state index contributed by atoms with van der Waals surface area (Å²) in [5.74, 6) is -1.55. The predicted molar refractivity (Wildman–Crippen MR) is 94.4 cm³/mol. The molecule has 1 aromatic carbocycles. The molecule has 28 heavy (non-hydrogen) atoms. The summed E-state index contributed by atoms with van der Waals surface area (Å²) in [5.41, 5.74) is 0.279. The van der Waals surface area contributed by atoms with Gasteiger partial charge in [0.25, 0.3) is 0 Å². The van der Waals surface area contributed by atoms with Gasteiger partial charge in [-0.1, -0.05) is 0 Å². The summed E-state index contributed by atoms with van der Waals surface area (Å²) in [6.07, 6.45) is -3.41. The fourth-order valence-electron chi connectivity index (χ4n) is 3.01. The monoisotopic (exact) mass is 401 g/mol. The average Bonchev–Trinajstić information content (AvgIpc) is 2.61. The van der Waals surface area contributed by atoms with Gasteiger partial charge < -0.3 is 19.9 Å². The van der Waals surface area contributed by atoms with E-state index in [0.717, 1.165) is 18.6 Å². The third kappa shape index (κ3) is 6.43. The van der Waals surface area contributed by atoms with Gasteiger partial charge in [0.05, 0.1) is 12.5 Å². The van der Waals surface area contributed by atoms with Crippen LogP contribution in [0, 0.1) is 5.92 Å². The van der Waals surface area contributed by atoms with Crippen molar-refractivity contribution in [2.75, 3.05) is 32.0 Å². The molecule has 0 unspecified atom stereocenters. The molecule has 0 radical (unpaired) electrons. The van der Waals surface area contributed by atoms with E-state index in [2.05, 4.69) is 10.1 Å². The zero-order valence-electron chi connectivity index (χ0n) is 15.6. The quantitative estimate of drug-likeness (QED) is 0.821. The Bertz CT molecular complexity index is 722. The van der Waals surface area contributed by atoms with Crippen LogP contribution in [0.15, 0.2) is 24.3 Å². The van der Waals surface area contributed by atoms with Crippen molar-refractivity contribution >= 4 is 23.4 Å². The molecule has 0 bridgehead atoms. The molecule has 1 N–H and O–H groups in total. The summed E-state index contributed by atoms with van der Waals surface area (Å²) in [6, 6.07) is 4.70. The Balaban J connectivity index is 1.86. The molecule has 0 spiro atoms. The van der Waals surface area contributed by atoms with E-state index in [-0.39, 0.29) is 30.0 Å². The first-order valence-electron chi connectivity index (χ1n) is 8.71. The van der Waals surface area contributed by atoms with Gasteiger partial charge in [0.15, 0.2) is 0 Å². The highest BCUT2D eigenvalue weighted by Crippen LogP contribution is 2.24. The van der Waals surface area contributed by atoms with E-state index in [1.54, 1.807) is 4.90 Å². The minimum atomic E-state index is -4.79. The van der Waals surface area contributed by atoms with Gasteiger partial charge in [0.1, 0.15) is 5.75 Å². The summed E-state index contributed by atoms with van der Waals surface area (Å²) >= 11 is 0. The standard InChI is InChI=1S/C18H22F3N3O4/c1-12(25)24-9-3-4-13(10-24)17(27)23(2)11-16(26)22-14-5-7-15(8-6-14)28-18(19,20)21/h5-8,13H,3-4,9-11H2,1-2H3,(H,22,26)/t13-/m0/s1. The zero-order chi connectivity index (χ0) is 20.9. The van der Waals surface area contributed by atoms with Gasteiger partial charge in [-0.2, -0.15) is 0 Å². The zero-order valence-corrected chi connectivity index (χ0v) is 15.6. The first-order valence-corrected chi connectivity index (χ1v) is 8.71. The van der Waals surface area contributed by atoms with E-state index in [4.69, 9.17) is 0 Å². The number of piperidine rings is 1. The van der Waals surface area contributed by atoms with Gasteiger partial charge in [0.2, 0.25) is 17.7 Å². The number of hydrogen-bond donors (Lipinski definition) is 1. The van der Waals surface area contributed by atoms with Crippen molar-refractivity contribution in [3.05, 3.63) is 24.3 Å². The van der Waals surface area contributed by atoms with Crippen molar-refractivity contribution in [3.63, 3.8) is 0 Å². The topological polar surface area (TPSA) is 79.0 Å². The van der Waals surface area contributed by atoms with Gasteiger partial charge in [-0.05, 0) is 37.1 Å². The minimum absolute atomic E-state index is 0.0872. The van der Waals surface area contributed by atoms with Crippen LogP contribution in [0.25, 0.3) is 0 Å². The van der Waals surface area contributed by atoms with Crippen LogP contribution >= 0.6 is 0 Å². The molecule has 2 rings (SSSR count). The van der Waals surface area contributed by atoms with Crippen molar-refractivity contribution in [2.45, 2.75) is 26.1 Å². The van der Waals surface area contributed by atoms with E-state index in [0.29, 0.717) is 19.5 Å². The summed E-state index contributed by atoms with van der Waals surface area (Å²) in [4.78, 5) is 39.0. The molecule has 10 heteroatoms. The van der Waals surface area contributed by atoms with Crippen molar-refractivity contribution in [1.82, 2.24) is 9.80 Å². The highest BCUT2D eigenvalue weighted by Gasteiger charge is 2.31. The molecule has 1 aliphatic rings. The third-order valence-electron chi connectivity index (χ3n) is 4.34. The molecular formula is C18H22F3N3O4. The lowest BCUT2D eigenvalue weighted by molar-refractivity contribution is -0.274. The first kappa shape index (κ1) is 21.5. The van der Waals surface area contributed by atoms with Crippen LogP contribution in [-0.2, 0) is 14.4 Å². The Morgan fingerprint density at radius 3 is 2.46 bits per heavy atom. The molecule has 1 aromatic rings. The molecule has 1 heterocycles. The fourth-order valence-corrected chi connectivity index (χ4v) is 3.01. The van der Waals surface area contributed by atoms with Crippen molar-refractivity contribution in [1.29, 1.82) is 0 Å². The number of halogens is 3. The van der Waals surface area contributed by atoms with Crippen molar-refractivity contribution in [3.8, 4) is 5.75 Å². The Kier molecular flexibility index (Phi) is 6.87. The second kappa shape index (κ2) is 8.94. The van der Waals surface area contributed by atoms with Gasteiger partial charge in [0, 0.05) is 32.7 Å². The molecule has 154 valence electrons. The van der Waals surface area contributed by atoms with Crippen LogP contribution in [-0.4, -0.2) is 60.6 Å². The SMILES string of the molecule is CC(=O)N1CCC[C@H](C(=O)N(C)CC(=O)Nc2ccc(OC(F)(F)F)cc2)C1. The number of nitrogens with zero attached hydrogens (tertiary/aromatic N) is 2. The van der Waals surface area contributed by atoms with Crippen LogP contribution in [0.5, 0.6) is 5.75 Å². The van der Waals surface area contributed by atoms with Gasteiger partial charge in [-0.25, -0.2) is 0 Å². The third-order valence-corrected chi connectivity index (χ3v) is 4.34. The molecule has 0 aliphatic carbocycles. The number of carbonyl (C=O) groups excluding carboxylic acids is 3. The number of benzene rings is 1. The number of amides is 3. The van der Waals surface area contributed by atoms with Crippen LogP contribution in [0.2, 0.25) is 0 Å². The number of nitrogens with one attached hydrogen (secondary N) is 1. The summed E-state index contributed by atoms with van der Waals surface area (Å²) < 4.78 is 40.2. The van der Waals surface area contributed by atoms with E-state index in [1.165, 1.54) is 31.0 Å². The molecule has 0 saturated carbocycles. The number of carbonyl (C=O) groups is 3. The fraction of sp³-hybridized carbons (Fsp3) is 0.500. The first-order chi connectivity index (χ1) is 13.0. The Morgan fingerprint density at radius 2 is 1.89 bits per heavy atom. The number of hydrogen-bond acceptors (Lipinski definition) is 4.